The summed E-state index contributed by atoms with van der Waals surface area (Å²) in [6.07, 6.45) is 7.88. The minimum Gasteiger partial charge on any atom is -0.306 e. The van der Waals surface area contributed by atoms with Gasteiger partial charge in [-0.05, 0) is 84.9 Å². The minimum atomic E-state index is 0.545. The van der Waals surface area contributed by atoms with E-state index >= 15 is 0 Å². The van der Waals surface area contributed by atoms with Crippen LogP contribution in [0.15, 0.2) is 78.4 Å². The maximum Gasteiger partial charge on any atom is 0.0101 e. The van der Waals surface area contributed by atoms with Crippen molar-refractivity contribution in [3.05, 3.63) is 89.5 Å². The highest BCUT2D eigenvalue weighted by Crippen LogP contribution is 2.32. The summed E-state index contributed by atoms with van der Waals surface area (Å²) in [6, 6.07) is 23.3. The lowest BCUT2D eigenvalue weighted by atomic mass is 9.96. The van der Waals surface area contributed by atoms with Crippen molar-refractivity contribution in [2.24, 2.45) is 0 Å². The normalized spacial score (nSPS) is 14.9. The second kappa shape index (κ2) is 8.39. The van der Waals surface area contributed by atoms with Crippen LogP contribution in [0.4, 0.5) is 0 Å². The first-order valence-corrected chi connectivity index (χ1v) is 10.7. The fourth-order valence-corrected chi connectivity index (χ4v) is 4.02. The van der Waals surface area contributed by atoms with Crippen LogP contribution in [0.1, 0.15) is 37.8 Å². The molecular weight excluding hydrogens is 350 g/mol. The molecule has 3 aromatic carbocycles. The molecule has 0 heterocycles. The zero-order valence-corrected chi connectivity index (χ0v) is 18.1. The van der Waals surface area contributed by atoms with Crippen LogP contribution in [0, 0.1) is 0 Å². The highest BCUT2D eigenvalue weighted by molar-refractivity contribution is 5.88. The molecule has 0 spiro atoms. The van der Waals surface area contributed by atoms with Gasteiger partial charge < -0.3 is 4.90 Å². The van der Waals surface area contributed by atoms with Crippen LogP contribution < -0.4 is 0 Å². The first kappa shape index (κ1) is 19.7. The summed E-state index contributed by atoms with van der Waals surface area (Å²) in [4.78, 5) is 2.28. The predicted octanol–water partition coefficient (Wildman–Crippen LogP) is 7.12. The van der Waals surface area contributed by atoms with Crippen molar-refractivity contribution in [1.82, 2.24) is 4.90 Å². The monoisotopic (exact) mass is 381 g/mol. The Morgan fingerprint density at radius 3 is 2.14 bits per heavy atom. The molecule has 1 unspecified atom stereocenters. The van der Waals surface area contributed by atoms with E-state index in [0.29, 0.717) is 6.04 Å². The summed E-state index contributed by atoms with van der Waals surface area (Å²) in [5, 5.41) is 2.63. The lowest BCUT2D eigenvalue weighted by Crippen LogP contribution is -2.26. The van der Waals surface area contributed by atoms with E-state index in [1.807, 2.05) is 0 Å². The summed E-state index contributed by atoms with van der Waals surface area (Å²) < 4.78 is 0. The second-order valence-corrected chi connectivity index (χ2v) is 8.54. The van der Waals surface area contributed by atoms with E-state index in [-0.39, 0.29) is 0 Å². The van der Waals surface area contributed by atoms with Crippen molar-refractivity contribution in [3.8, 4) is 11.1 Å². The summed E-state index contributed by atoms with van der Waals surface area (Å²) in [6.45, 7) is 4.51. The van der Waals surface area contributed by atoms with Gasteiger partial charge in [0.1, 0.15) is 0 Å². The predicted molar refractivity (Wildman–Crippen MR) is 127 cm³/mol. The third-order valence-corrected chi connectivity index (χ3v) is 6.30. The van der Waals surface area contributed by atoms with Crippen LogP contribution in [-0.2, 0) is 6.42 Å². The molecule has 0 N–H and O–H groups in total. The quantitative estimate of drug-likeness (QED) is 0.439. The number of likely N-dealkylation sites (N-methyl/N-ethyl adjacent to an activating group) is 1. The minimum absolute atomic E-state index is 0.545. The largest absolute Gasteiger partial charge is 0.306 e. The van der Waals surface area contributed by atoms with Gasteiger partial charge in [0.05, 0.1) is 0 Å². The summed E-state index contributed by atoms with van der Waals surface area (Å²) >= 11 is 0. The van der Waals surface area contributed by atoms with E-state index < -0.39 is 0 Å². The number of allylic oxidation sites excluding steroid dienone is 4. The average molecular weight is 382 g/mol. The third kappa shape index (κ3) is 4.36. The number of fused-ring (bicyclic) bond motifs is 1. The molecule has 0 saturated carbocycles. The Bertz CT molecular complexity index is 1070. The Morgan fingerprint density at radius 1 is 0.793 bits per heavy atom. The van der Waals surface area contributed by atoms with Gasteiger partial charge in [-0.1, -0.05) is 79.2 Å². The molecule has 1 heteroatoms. The van der Waals surface area contributed by atoms with Gasteiger partial charge in [0.25, 0.3) is 0 Å². The van der Waals surface area contributed by atoms with E-state index in [4.69, 9.17) is 0 Å². The molecule has 3 aromatic rings. The number of rotatable bonds is 6. The molecule has 0 amide bonds. The summed E-state index contributed by atoms with van der Waals surface area (Å²) in [7, 11) is 4.29. The lowest BCUT2D eigenvalue weighted by Gasteiger charge is -2.19. The molecule has 148 valence electrons. The molecule has 29 heavy (non-hydrogen) atoms. The van der Waals surface area contributed by atoms with E-state index in [1.165, 1.54) is 44.2 Å². The molecule has 1 nitrogen and oxygen atoms in total. The zero-order chi connectivity index (χ0) is 20.4. The van der Waals surface area contributed by atoms with Crippen LogP contribution in [0.5, 0.6) is 0 Å². The molecule has 0 saturated heterocycles. The Labute approximate surface area is 175 Å². The van der Waals surface area contributed by atoms with E-state index in [1.54, 1.807) is 0 Å². The SMILES string of the molecule is CCC1=CC=C(c2ccc(-c3ccc4cc(CC(C)N(C)C)ccc4c3)cc2)C1. The number of benzene rings is 3. The third-order valence-electron chi connectivity index (χ3n) is 6.30. The zero-order valence-electron chi connectivity index (χ0n) is 18.1. The lowest BCUT2D eigenvalue weighted by molar-refractivity contribution is 0.312. The van der Waals surface area contributed by atoms with Crippen molar-refractivity contribution < 1.29 is 0 Å². The topological polar surface area (TPSA) is 3.24 Å². The summed E-state index contributed by atoms with van der Waals surface area (Å²) in [5.74, 6) is 0. The molecule has 0 aromatic heterocycles. The molecule has 0 aliphatic heterocycles. The van der Waals surface area contributed by atoms with Crippen molar-refractivity contribution in [2.45, 2.75) is 39.2 Å². The first-order chi connectivity index (χ1) is 14.0. The Hall–Kier alpha value is -2.64. The molecule has 0 fully saturated rings. The van der Waals surface area contributed by atoms with Crippen LogP contribution in [-0.4, -0.2) is 25.0 Å². The van der Waals surface area contributed by atoms with Crippen molar-refractivity contribution in [1.29, 1.82) is 0 Å². The van der Waals surface area contributed by atoms with Gasteiger partial charge >= 0.3 is 0 Å². The molecule has 0 radical (unpaired) electrons. The Morgan fingerprint density at radius 2 is 1.45 bits per heavy atom. The molecule has 1 atom stereocenters. The van der Waals surface area contributed by atoms with Gasteiger partial charge in [0.2, 0.25) is 0 Å². The van der Waals surface area contributed by atoms with Crippen LogP contribution in [0.2, 0.25) is 0 Å². The highest BCUT2D eigenvalue weighted by Gasteiger charge is 2.10. The molecule has 1 aliphatic rings. The fourth-order valence-electron chi connectivity index (χ4n) is 4.02. The van der Waals surface area contributed by atoms with E-state index in [9.17, 15) is 0 Å². The second-order valence-electron chi connectivity index (χ2n) is 8.54. The standard InChI is InChI=1S/C28H31N/c1-5-21-6-8-25(17-21)23-10-12-24(13-11-23)27-15-14-26-18-22(7-9-28(26)19-27)16-20(2)29(3)4/h6-15,18-20H,5,16-17H2,1-4H3. The fraction of sp³-hybridized carbons (Fsp3) is 0.286. The van der Waals surface area contributed by atoms with Gasteiger partial charge in [-0.2, -0.15) is 0 Å². The van der Waals surface area contributed by atoms with Gasteiger partial charge in [0.15, 0.2) is 0 Å². The van der Waals surface area contributed by atoms with Crippen LogP contribution >= 0.6 is 0 Å². The average Bonchev–Trinajstić information content (AvgIpc) is 3.23. The molecule has 4 rings (SSSR count). The van der Waals surface area contributed by atoms with Gasteiger partial charge in [-0.25, -0.2) is 0 Å². The maximum atomic E-state index is 2.34. The van der Waals surface area contributed by atoms with Crippen molar-refractivity contribution in [3.63, 3.8) is 0 Å². The van der Waals surface area contributed by atoms with Crippen molar-refractivity contribution >= 4 is 16.3 Å². The molecule has 0 bridgehead atoms. The molecule has 1 aliphatic carbocycles. The van der Waals surface area contributed by atoms with Gasteiger partial charge in [0, 0.05) is 6.04 Å². The van der Waals surface area contributed by atoms with Crippen LogP contribution in [0.25, 0.3) is 27.5 Å². The summed E-state index contributed by atoms with van der Waals surface area (Å²) in [5.41, 5.74) is 8.27. The molecular formula is C28H31N. The number of hydrogen-bond acceptors (Lipinski definition) is 1. The highest BCUT2D eigenvalue weighted by atomic mass is 15.1. The smallest absolute Gasteiger partial charge is 0.0101 e. The number of nitrogens with zero attached hydrogens (tertiary/aromatic N) is 1. The van der Waals surface area contributed by atoms with E-state index in [0.717, 1.165) is 19.3 Å². The maximum absolute atomic E-state index is 2.34. The van der Waals surface area contributed by atoms with E-state index in [2.05, 4.69) is 106 Å². The number of hydrogen-bond donors (Lipinski definition) is 0. The van der Waals surface area contributed by atoms with Gasteiger partial charge in [-0.3, -0.25) is 0 Å². The Kier molecular flexibility index (Phi) is 5.69. The van der Waals surface area contributed by atoms with Crippen molar-refractivity contribution in [2.75, 3.05) is 14.1 Å². The first-order valence-electron chi connectivity index (χ1n) is 10.7. The Balaban J connectivity index is 1.53. The van der Waals surface area contributed by atoms with Crippen LogP contribution in [0.3, 0.4) is 0 Å². The van der Waals surface area contributed by atoms with Gasteiger partial charge in [-0.15, -0.1) is 0 Å².